The highest BCUT2D eigenvalue weighted by molar-refractivity contribution is 5.86. The Balaban J connectivity index is 2.43. The highest BCUT2D eigenvalue weighted by Crippen LogP contribution is 2.14. The molecule has 1 amide bonds. The summed E-state index contributed by atoms with van der Waals surface area (Å²) in [5.41, 5.74) is 0.126. The van der Waals surface area contributed by atoms with E-state index in [1.165, 1.54) is 45.5 Å². The Bertz CT molecular complexity index is 525. The zero-order valence-corrected chi connectivity index (χ0v) is 16.0. The normalized spacial score (nSPS) is 10.9. The number of aromatic nitrogens is 1. The first-order valence-electron chi connectivity index (χ1n) is 9.31. The Kier molecular flexibility index (Phi) is 9.88. The molecule has 6 nitrogen and oxygen atoms in total. The number of carbonyl (C=O) groups excluding carboxylic acids is 2. The molecule has 0 bridgehead atoms. The quantitative estimate of drug-likeness (QED) is 0.413. The highest BCUT2D eigenvalue weighted by atomic mass is 16.5. The largest absolute Gasteiger partial charge is 0.464 e. The minimum Gasteiger partial charge on any atom is -0.464 e. The van der Waals surface area contributed by atoms with E-state index in [1.807, 2.05) is 13.8 Å². The third-order valence-corrected chi connectivity index (χ3v) is 4.19. The molecular weight excluding hydrogens is 320 g/mol. The Morgan fingerprint density at radius 1 is 1.16 bits per heavy atom. The van der Waals surface area contributed by atoms with Crippen LogP contribution in [0.3, 0.4) is 0 Å². The van der Waals surface area contributed by atoms with E-state index in [0.29, 0.717) is 12.3 Å². The third-order valence-electron chi connectivity index (χ3n) is 4.19. The number of unbranched alkanes of at least 4 members (excludes halogenated alkanes) is 6. The molecule has 0 spiro atoms. The van der Waals surface area contributed by atoms with Crippen molar-refractivity contribution < 1.29 is 18.7 Å². The molecule has 0 N–H and O–H groups in total. The number of methoxy groups -OCH3 is 1. The van der Waals surface area contributed by atoms with Crippen LogP contribution in [0.4, 0.5) is 0 Å². The van der Waals surface area contributed by atoms with Gasteiger partial charge in [-0.15, -0.1) is 0 Å². The van der Waals surface area contributed by atoms with Crippen molar-refractivity contribution in [3.63, 3.8) is 0 Å². The number of carbonyl (C=O) groups is 2. The van der Waals surface area contributed by atoms with Gasteiger partial charge in [0.25, 0.3) is 0 Å². The zero-order valence-electron chi connectivity index (χ0n) is 16.0. The molecule has 6 heteroatoms. The monoisotopic (exact) mass is 352 g/mol. The van der Waals surface area contributed by atoms with Crippen LogP contribution in [0.25, 0.3) is 0 Å². The van der Waals surface area contributed by atoms with Gasteiger partial charge >= 0.3 is 5.97 Å². The molecule has 1 rings (SSSR count). The minimum atomic E-state index is -0.541. The number of oxazole rings is 1. The first-order valence-corrected chi connectivity index (χ1v) is 9.31. The van der Waals surface area contributed by atoms with Crippen molar-refractivity contribution in [2.24, 2.45) is 0 Å². The lowest BCUT2D eigenvalue weighted by atomic mass is 10.1. The highest BCUT2D eigenvalue weighted by Gasteiger charge is 2.20. The number of rotatable bonds is 12. The molecule has 0 aliphatic carbocycles. The lowest BCUT2D eigenvalue weighted by molar-refractivity contribution is -0.134. The van der Waals surface area contributed by atoms with Gasteiger partial charge in [-0.25, -0.2) is 9.78 Å². The van der Waals surface area contributed by atoms with Crippen molar-refractivity contribution in [2.75, 3.05) is 7.11 Å². The molecule has 0 aromatic carbocycles. The summed E-state index contributed by atoms with van der Waals surface area (Å²) < 4.78 is 9.90. The second-order valence-corrected chi connectivity index (χ2v) is 6.60. The lowest BCUT2D eigenvalue weighted by Gasteiger charge is -2.25. The fourth-order valence-corrected chi connectivity index (χ4v) is 2.66. The van der Waals surface area contributed by atoms with Gasteiger partial charge < -0.3 is 14.1 Å². The van der Waals surface area contributed by atoms with Gasteiger partial charge in [0.15, 0.2) is 5.69 Å². The van der Waals surface area contributed by atoms with Crippen molar-refractivity contribution in [1.82, 2.24) is 9.88 Å². The van der Waals surface area contributed by atoms with Gasteiger partial charge in [0, 0.05) is 12.5 Å². The molecule has 0 saturated heterocycles. The number of ether oxygens (including phenoxy) is 1. The Hall–Kier alpha value is -1.85. The summed E-state index contributed by atoms with van der Waals surface area (Å²) in [6.45, 7) is 6.41. The average molecular weight is 352 g/mol. The number of hydrogen-bond acceptors (Lipinski definition) is 5. The topological polar surface area (TPSA) is 72.6 Å². The second-order valence-electron chi connectivity index (χ2n) is 6.60. The first kappa shape index (κ1) is 21.2. The summed E-state index contributed by atoms with van der Waals surface area (Å²) in [6.07, 6.45) is 10.1. The fourth-order valence-electron chi connectivity index (χ4n) is 2.66. The summed E-state index contributed by atoms with van der Waals surface area (Å²) >= 11 is 0. The second kappa shape index (κ2) is 11.7. The number of amides is 1. The summed E-state index contributed by atoms with van der Waals surface area (Å²) in [4.78, 5) is 29.7. The van der Waals surface area contributed by atoms with Crippen LogP contribution in [-0.4, -0.2) is 34.9 Å². The van der Waals surface area contributed by atoms with Crippen LogP contribution in [0.15, 0.2) is 10.7 Å². The standard InChI is InChI=1S/C19H32N2O4/c1-5-6-7-8-9-10-11-12-18(22)21(15(2)3)13-17-20-16(14-25-17)19(23)24-4/h14-15H,5-13H2,1-4H3. The van der Waals surface area contributed by atoms with Gasteiger partial charge in [0.2, 0.25) is 11.8 Å². The number of hydrogen-bond donors (Lipinski definition) is 0. The van der Waals surface area contributed by atoms with E-state index >= 15 is 0 Å². The maximum atomic E-state index is 12.5. The van der Waals surface area contributed by atoms with E-state index in [0.717, 1.165) is 12.8 Å². The Morgan fingerprint density at radius 2 is 1.80 bits per heavy atom. The van der Waals surface area contributed by atoms with Crippen molar-refractivity contribution in [2.45, 2.75) is 84.7 Å². The van der Waals surface area contributed by atoms with Crippen LogP contribution in [-0.2, 0) is 16.1 Å². The molecule has 0 atom stereocenters. The first-order chi connectivity index (χ1) is 12.0. The summed E-state index contributed by atoms with van der Waals surface area (Å²) in [5.74, 6) is -0.0936. The Labute approximate surface area is 150 Å². The number of nitrogens with zero attached hydrogens (tertiary/aromatic N) is 2. The Morgan fingerprint density at radius 3 is 2.40 bits per heavy atom. The number of esters is 1. The van der Waals surface area contributed by atoms with E-state index in [4.69, 9.17) is 4.42 Å². The molecule has 0 aliphatic heterocycles. The van der Waals surface area contributed by atoms with E-state index in [1.54, 1.807) is 4.90 Å². The van der Waals surface area contributed by atoms with Gasteiger partial charge in [0.05, 0.1) is 13.7 Å². The molecule has 0 saturated carbocycles. The van der Waals surface area contributed by atoms with Crippen molar-refractivity contribution in [3.05, 3.63) is 17.8 Å². The maximum Gasteiger partial charge on any atom is 0.360 e. The molecule has 0 unspecified atom stereocenters. The zero-order chi connectivity index (χ0) is 18.7. The van der Waals surface area contributed by atoms with Crippen LogP contribution >= 0.6 is 0 Å². The van der Waals surface area contributed by atoms with Gasteiger partial charge in [0.1, 0.15) is 6.26 Å². The predicted molar refractivity (Wildman–Crippen MR) is 96.1 cm³/mol. The molecule has 142 valence electrons. The van der Waals surface area contributed by atoms with Gasteiger partial charge in [-0.1, -0.05) is 45.4 Å². The summed E-state index contributed by atoms with van der Waals surface area (Å²) in [7, 11) is 1.29. The van der Waals surface area contributed by atoms with Crippen LogP contribution in [0.1, 0.15) is 88.5 Å². The smallest absolute Gasteiger partial charge is 0.360 e. The molecule has 1 aromatic heterocycles. The minimum absolute atomic E-state index is 0.0468. The SMILES string of the molecule is CCCCCCCCCC(=O)N(Cc1nc(C(=O)OC)co1)C(C)C. The van der Waals surface area contributed by atoms with E-state index in [9.17, 15) is 9.59 Å². The van der Waals surface area contributed by atoms with Crippen LogP contribution in [0.5, 0.6) is 0 Å². The van der Waals surface area contributed by atoms with Crippen LogP contribution in [0, 0.1) is 0 Å². The molecule has 0 aliphatic rings. The van der Waals surface area contributed by atoms with Crippen LogP contribution in [0.2, 0.25) is 0 Å². The van der Waals surface area contributed by atoms with Gasteiger partial charge in [-0.05, 0) is 20.3 Å². The average Bonchev–Trinajstić information content (AvgIpc) is 3.06. The van der Waals surface area contributed by atoms with Gasteiger partial charge in [-0.2, -0.15) is 0 Å². The van der Waals surface area contributed by atoms with Crippen LogP contribution < -0.4 is 0 Å². The maximum absolute atomic E-state index is 12.5. The summed E-state index contributed by atoms with van der Waals surface area (Å²) in [5, 5.41) is 0. The van der Waals surface area contributed by atoms with Crippen molar-refractivity contribution >= 4 is 11.9 Å². The molecular formula is C19H32N2O4. The van der Waals surface area contributed by atoms with Gasteiger partial charge in [-0.3, -0.25) is 4.79 Å². The van der Waals surface area contributed by atoms with Crippen molar-refractivity contribution in [1.29, 1.82) is 0 Å². The summed E-state index contributed by atoms with van der Waals surface area (Å²) in [6, 6.07) is 0.0468. The van der Waals surface area contributed by atoms with E-state index in [2.05, 4.69) is 16.6 Å². The lowest BCUT2D eigenvalue weighted by Crippen LogP contribution is -2.36. The van der Waals surface area contributed by atoms with E-state index < -0.39 is 5.97 Å². The molecule has 0 radical (unpaired) electrons. The van der Waals surface area contributed by atoms with E-state index in [-0.39, 0.29) is 24.2 Å². The third kappa shape index (κ3) is 7.71. The molecule has 25 heavy (non-hydrogen) atoms. The molecule has 1 aromatic rings. The van der Waals surface area contributed by atoms with Crippen molar-refractivity contribution in [3.8, 4) is 0 Å². The molecule has 0 fully saturated rings. The predicted octanol–water partition coefficient (Wildman–Crippen LogP) is 4.34. The molecule has 1 heterocycles. The fraction of sp³-hybridized carbons (Fsp3) is 0.737.